The third kappa shape index (κ3) is 4.28. The number of hydrogen-bond acceptors (Lipinski definition) is 4. The summed E-state index contributed by atoms with van der Waals surface area (Å²) in [4.78, 5) is 23.0. The lowest BCUT2D eigenvalue weighted by Crippen LogP contribution is -2.62. The molecule has 0 unspecified atom stereocenters. The molecule has 1 amide bonds. The van der Waals surface area contributed by atoms with Crippen LogP contribution in [0.15, 0.2) is 18.2 Å². The van der Waals surface area contributed by atoms with Crippen LogP contribution in [0.3, 0.4) is 0 Å². The molecule has 2 N–H and O–H groups in total. The second-order valence-corrected chi connectivity index (χ2v) is 7.73. The molecular formula is C17H25N3O3. The van der Waals surface area contributed by atoms with Crippen molar-refractivity contribution in [3.05, 3.63) is 39.4 Å². The van der Waals surface area contributed by atoms with Gasteiger partial charge in [0.05, 0.1) is 4.92 Å². The topological polar surface area (TPSA) is 84.3 Å². The zero-order chi connectivity index (χ0) is 17.4. The van der Waals surface area contributed by atoms with Crippen molar-refractivity contribution >= 4 is 11.6 Å². The summed E-state index contributed by atoms with van der Waals surface area (Å²) in [6.45, 7) is 10.1. The summed E-state index contributed by atoms with van der Waals surface area (Å²) in [5.41, 5.74) is 0.716. The third-order valence-corrected chi connectivity index (χ3v) is 4.19. The van der Waals surface area contributed by atoms with Gasteiger partial charge in [0.1, 0.15) is 0 Å². The Morgan fingerprint density at radius 2 is 1.83 bits per heavy atom. The van der Waals surface area contributed by atoms with Crippen molar-refractivity contribution in [1.82, 2.24) is 10.6 Å². The molecule has 2 rings (SSSR count). The van der Waals surface area contributed by atoms with Gasteiger partial charge in [-0.05, 0) is 53.5 Å². The average Bonchev–Trinajstić information content (AvgIpc) is 2.34. The van der Waals surface area contributed by atoms with Crippen molar-refractivity contribution in [2.45, 2.75) is 64.6 Å². The fourth-order valence-corrected chi connectivity index (χ4v) is 3.64. The van der Waals surface area contributed by atoms with E-state index in [0.29, 0.717) is 11.1 Å². The number of nitro groups is 1. The number of nitro benzene ring substituents is 1. The van der Waals surface area contributed by atoms with E-state index in [9.17, 15) is 14.9 Å². The van der Waals surface area contributed by atoms with Crippen LogP contribution < -0.4 is 10.6 Å². The molecule has 23 heavy (non-hydrogen) atoms. The number of nitrogens with zero attached hydrogens (tertiary/aromatic N) is 1. The van der Waals surface area contributed by atoms with Gasteiger partial charge < -0.3 is 10.6 Å². The van der Waals surface area contributed by atoms with Crippen molar-refractivity contribution in [3.63, 3.8) is 0 Å². The van der Waals surface area contributed by atoms with Crippen LogP contribution in [0.4, 0.5) is 5.69 Å². The Hall–Kier alpha value is -1.95. The molecule has 6 nitrogen and oxygen atoms in total. The summed E-state index contributed by atoms with van der Waals surface area (Å²) < 4.78 is 0. The van der Waals surface area contributed by atoms with Crippen LogP contribution in [0.2, 0.25) is 0 Å². The first-order chi connectivity index (χ1) is 10.5. The van der Waals surface area contributed by atoms with Gasteiger partial charge in [0.15, 0.2) is 0 Å². The Labute approximate surface area is 136 Å². The van der Waals surface area contributed by atoms with Crippen LogP contribution in [0.5, 0.6) is 0 Å². The number of carbonyl (C=O) groups is 1. The molecule has 126 valence electrons. The summed E-state index contributed by atoms with van der Waals surface area (Å²) in [7, 11) is 0. The predicted molar refractivity (Wildman–Crippen MR) is 89.6 cm³/mol. The molecule has 1 aliphatic heterocycles. The first-order valence-electron chi connectivity index (χ1n) is 7.84. The van der Waals surface area contributed by atoms with Gasteiger partial charge in [-0.25, -0.2) is 0 Å². The number of carbonyl (C=O) groups excluding carboxylic acids is 1. The number of piperidine rings is 1. The molecular weight excluding hydrogens is 294 g/mol. The van der Waals surface area contributed by atoms with E-state index in [-0.39, 0.29) is 28.7 Å². The molecule has 6 heteroatoms. The zero-order valence-electron chi connectivity index (χ0n) is 14.4. The number of amides is 1. The van der Waals surface area contributed by atoms with Crippen LogP contribution in [-0.4, -0.2) is 28.0 Å². The van der Waals surface area contributed by atoms with E-state index in [4.69, 9.17) is 0 Å². The molecule has 0 bridgehead atoms. The SMILES string of the molecule is Cc1ccc(C(=O)NC2CC(C)(C)NC(C)(C)C2)cc1[N+](=O)[O-]. The Morgan fingerprint density at radius 3 is 2.35 bits per heavy atom. The number of aryl methyl sites for hydroxylation is 1. The molecule has 0 spiro atoms. The summed E-state index contributed by atoms with van der Waals surface area (Å²) in [6, 6.07) is 4.63. The molecule has 1 aliphatic rings. The number of nitrogens with one attached hydrogen (secondary N) is 2. The van der Waals surface area contributed by atoms with Crippen molar-refractivity contribution in [2.75, 3.05) is 0 Å². The van der Waals surface area contributed by atoms with E-state index in [1.54, 1.807) is 19.1 Å². The highest BCUT2D eigenvalue weighted by molar-refractivity contribution is 5.95. The summed E-state index contributed by atoms with van der Waals surface area (Å²) in [5, 5.41) is 17.6. The standard InChI is InChI=1S/C17H25N3O3/c1-11-6-7-12(8-14(11)20(22)23)15(21)18-13-9-16(2,3)19-17(4,5)10-13/h6-8,13,19H,9-10H2,1-5H3,(H,18,21). The van der Waals surface area contributed by atoms with Gasteiger partial charge >= 0.3 is 0 Å². The Bertz CT molecular complexity index is 622. The lowest BCUT2D eigenvalue weighted by atomic mass is 9.79. The first-order valence-corrected chi connectivity index (χ1v) is 7.84. The van der Waals surface area contributed by atoms with Crippen molar-refractivity contribution in [1.29, 1.82) is 0 Å². The highest BCUT2D eigenvalue weighted by Crippen LogP contribution is 2.29. The van der Waals surface area contributed by atoms with E-state index >= 15 is 0 Å². The molecule has 1 saturated heterocycles. The van der Waals surface area contributed by atoms with E-state index in [2.05, 4.69) is 38.3 Å². The van der Waals surface area contributed by atoms with Crippen molar-refractivity contribution in [3.8, 4) is 0 Å². The number of hydrogen-bond donors (Lipinski definition) is 2. The maximum Gasteiger partial charge on any atom is 0.273 e. The van der Waals surface area contributed by atoms with E-state index < -0.39 is 4.92 Å². The van der Waals surface area contributed by atoms with Crippen LogP contribution in [0, 0.1) is 17.0 Å². The Kier molecular flexibility index (Phi) is 4.48. The highest BCUT2D eigenvalue weighted by Gasteiger charge is 2.38. The monoisotopic (exact) mass is 319 g/mol. The van der Waals surface area contributed by atoms with Gasteiger partial charge in [0.25, 0.3) is 11.6 Å². The molecule has 0 saturated carbocycles. The van der Waals surface area contributed by atoms with Crippen molar-refractivity contribution in [2.24, 2.45) is 0 Å². The molecule has 0 aromatic heterocycles. The van der Waals surface area contributed by atoms with Gasteiger partial charge in [-0.1, -0.05) is 6.07 Å². The van der Waals surface area contributed by atoms with Gasteiger partial charge in [-0.15, -0.1) is 0 Å². The number of benzene rings is 1. The summed E-state index contributed by atoms with van der Waals surface area (Å²) in [6.07, 6.45) is 1.63. The Balaban J connectivity index is 2.16. The normalized spacial score (nSPS) is 20.0. The zero-order valence-corrected chi connectivity index (χ0v) is 14.4. The summed E-state index contributed by atoms with van der Waals surface area (Å²) >= 11 is 0. The third-order valence-electron chi connectivity index (χ3n) is 4.19. The minimum atomic E-state index is -0.455. The van der Waals surface area contributed by atoms with Crippen LogP contribution >= 0.6 is 0 Å². The smallest absolute Gasteiger partial charge is 0.273 e. The molecule has 0 atom stereocenters. The lowest BCUT2D eigenvalue weighted by molar-refractivity contribution is -0.385. The van der Waals surface area contributed by atoms with Gasteiger partial charge in [0.2, 0.25) is 0 Å². The molecule has 1 heterocycles. The highest BCUT2D eigenvalue weighted by atomic mass is 16.6. The maximum absolute atomic E-state index is 12.5. The fraction of sp³-hybridized carbons (Fsp3) is 0.588. The minimum absolute atomic E-state index is 0.0244. The minimum Gasteiger partial charge on any atom is -0.349 e. The molecule has 1 fully saturated rings. The second-order valence-electron chi connectivity index (χ2n) is 7.73. The van der Waals surface area contributed by atoms with E-state index in [1.165, 1.54) is 6.07 Å². The van der Waals surface area contributed by atoms with Crippen LogP contribution in [0.1, 0.15) is 56.5 Å². The maximum atomic E-state index is 12.5. The lowest BCUT2D eigenvalue weighted by Gasteiger charge is -2.46. The molecule has 1 aromatic carbocycles. The molecule has 0 aliphatic carbocycles. The van der Waals surface area contributed by atoms with Gasteiger partial charge in [-0.2, -0.15) is 0 Å². The van der Waals surface area contributed by atoms with Crippen LogP contribution in [-0.2, 0) is 0 Å². The quantitative estimate of drug-likeness (QED) is 0.662. The first kappa shape index (κ1) is 17.4. The Morgan fingerprint density at radius 1 is 1.26 bits per heavy atom. The average molecular weight is 319 g/mol. The van der Waals surface area contributed by atoms with Gasteiger partial charge in [-0.3, -0.25) is 14.9 Å². The molecule has 1 aromatic rings. The van der Waals surface area contributed by atoms with Crippen molar-refractivity contribution < 1.29 is 9.72 Å². The largest absolute Gasteiger partial charge is 0.349 e. The fourth-order valence-electron chi connectivity index (χ4n) is 3.64. The van der Waals surface area contributed by atoms with Gasteiger partial charge in [0, 0.05) is 34.3 Å². The number of rotatable bonds is 3. The predicted octanol–water partition coefficient (Wildman–Crippen LogP) is 2.94. The second kappa shape index (κ2) is 5.92. The van der Waals surface area contributed by atoms with E-state index in [1.807, 2.05) is 0 Å². The van der Waals surface area contributed by atoms with Crippen LogP contribution in [0.25, 0.3) is 0 Å². The molecule has 0 radical (unpaired) electrons. The van der Waals surface area contributed by atoms with E-state index in [0.717, 1.165) is 12.8 Å². The summed E-state index contributed by atoms with van der Waals surface area (Å²) in [5.74, 6) is -0.258.